The van der Waals surface area contributed by atoms with Crippen LogP contribution in [-0.2, 0) is 6.61 Å². The molecule has 2 aromatic carbocycles. The van der Waals surface area contributed by atoms with Crippen LogP contribution >= 0.6 is 0 Å². The van der Waals surface area contributed by atoms with E-state index in [1.807, 2.05) is 42.5 Å². The van der Waals surface area contributed by atoms with Gasteiger partial charge in [-0.05, 0) is 43.7 Å². The molecule has 0 aliphatic carbocycles. The van der Waals surface area contributed by atoms with Crippen molar-refractivity contribution in [1.82, 2.24) is 0 Å². The van der Waals surface area contributed by atoms with Gasteiger partial charge in [-0.2, -0.15) is 0 Å². The van der Waals surface area contributed by atoms with Gasteiger partial charge in [-0.3, -0.25) is 4.99 Å². The molecule has 132 valence electrons. The number of rotatable bonds is 5. The molecule has 0 aliphatic rings. The van der Waals surface area contributed by atoms with Gasteiger partial charge in [0.15, 0.2) is 0 Å². The van der Waals surface area contributed by atoms with Gasteiger partial charge in [-0.15, -0.1) is 0 Å². The predicted octanol–water partition coefficient (Wildman–Crippen LogP) is 4.37. The highest BCUT2D eigenvalue weighted by atomic mass is 16.5. The van der Waals surface area contributed by atoms with Crippen molar-refractivity contribution in [2.24, 2.45) is 4.99 Å². The zero-order valence-corrected chi connectivity index (χ0v) is 14.6. The molecule has 3 aromatic rings. The lowest BCUT2D eigenvalue weighted by atomic mass is 10.1. The molecule has 0 aliphatic heterocycles. The van der Waals surface area contributed by atoms with Gasteiger partial charge in [0.2, 0.25) is 0 Å². The Balaban J connectivity index is 1.74. The molecule has 26 heavy (non-hydrogen) atoms. The molecule has 0 spiro atoms. The third kappa shape index (κ3) is 4.19. The highest BCUT2D eigenvalue weighted by Gasteiger charge is 2.13. The smallest absolute Gasteiger partial charge is 0.348 e. The Bertz CT molecular complexity index is 973. The van der Waals surface area contributed by atoms with E-state index in [4.69, 9.17) is 9.15 Å². The molecule has 0 radical (unpaired) electrons. The zero-order valence-electron chi connectivity index (χ0n) is 14.6. The van der Waals surface area contributed by atoms with Crippen molar-refractivity contribution in [3.05, 3.63) is 88.0 Å². The van der Waals surface area contributed by atoms with Gasteiger partial charge in [0, 0.05) is 6.07 Å². The van der Waals surface area contributed by atoms with E-state index in [1.54, 1.807) is 26.0 Å². The first-order valence-corrected chi connectivity index (χ1v) is 8.19. The van der Waals surface area contributed by atoms with Crippen LogP contribution in [0.1, 0.15) is 23.8 Å². The summed E-state index contributed by atoms with van der Waals surface area (Å²) >= 11 is 0. The molecule has 5 nitrogen and oxygen atoms in total. The molecule has 0 fully saturated rings. The van der Waals surface area contributed by atoms with Gasteiger partial charge in [0.1, 0.15) is 29.4 Å². The summed E-state index contributed by atoms with van der Waals surface area (Å²) in [6.07, 6.45) is 0. The molecule has 1 N–H and O–H groups in total. The number of nitrogens with zero attached hydrogens (tertiary/aromatic N) is 1. The van der Waals surface area contributed by atoms with Gasteiger partial charge in [-0.25, -0.2) is 4.79 Å². The van der Waals surface area contributed by atoms with Gasteiger partial charge >= 0.3 is 5.63 Å². The monoisotopic (exact) mass is 349 g/mol. The number of benzene rings is 2. The lowest BCUT2D eigenvalue weighted by Crippen LogP contribution is -2.12. The number of hydrogen-bond donors (Lipinski definition) is 1. The first-order valence-electron chi connectivity index (χ1n) is 8.19. The van der Waals surface area contributed by atoms with Crippen LogP contribution in [0.25, 0.3) is 0 Å². The second-order valence-electron chi connectivity index (χ2n) is 5.87. The topological polar surface area (TPSA) is 72.0 Å². The fraction of sp³-hybridized carbons (Fsp3) is 0.143. The van der Waals surface area contributed by atoms with Crippen LogP contribution in [0, 0.1) is 6.92 Å². The van der Waals surface area contributed by atoms with E-state index in [2.05, 4.69) is 4.99 Å². The number of aromatic hydroxyl groups is 1. The summed E-state index contributed by atoms with van der Waals surface area (Å²) in [5, 5.41) is 9.98. The van der Waals surface area contributed by atoms with Crippen molar-refractivity contribution in [3.63, 3.8) is 0 Å². The molecule has 0 unspecified atom stereocenters. The molecular weight excluding hydrogens is 330 g/mol. The average Bonchev–Trinajstić information content (AvgIpc) is 2.61. The standard InChI is InChI=1S/C21H19NO4/c1-14-12-19(23)20(21(24)26-14)15(2)22-17-8-10-18(11-9-17)25-13-16-6-4-3-5-7-16/h3-12,23H,13H2,1-2H3. The normalized spacial score (nSPS) is 11.4. The van der Waals surface area contributed by atoms with Crippen molar-refractivity contribution < 1.29 is 14.3 Å². The number of aryl methyl sites for hydroxylation is 1. The van der Waals surface area contributed by atoms with Crippen LogP contribution < -0.4 is 10.4 Å². The summed E-state index contributed by atoms with van der Waals surface area (Å²) < 4.78 is 10.8. The first kappa shape index (κ1) is 17.5. The van der Waals surface area contributed by atoms with E-state index in [0.29, 0.717) is 23.8 Å². The van der Waals surface area contributed by atoms with Crippen LogP contribution in [0.2, 0.25) is 0 Å². The van der Waals surface area contributed by atoms with E-state index in [9.17, 15) is 9.90 Å². The maximum Gasteiger partial charge on any atom is 0.348 e. The largest absolute Gasteiger partial charge is 0.507 e. The quantitative estimate of drug-likeness (QED) is 0.694. The van der Waals surface area contributed by atoms with Crippen LogP contribution in [0.15, 0.2) is 74.9 Å². The van der Waals surface area contributed by atoms with E-state index >= 15 is 0 Å². The molecule has 0 atom stereocenters. The van der Waals surface area contributed by atoms with Gasteiger partial charge < -0.3 is 14.3 Å². The second kappa shape index (κ2) is 7.70. The maximum absolute atomic E-state index is 11.9. The van der Waals surface area contributed by atoms with E-state index in [0.717, 1.165) is 11.3 Å². The summed E-state index contributed by atoms with van der Waals surface area (Å²) in [4.78, 5) is 16.3. The van der Waals surface area contributed by atoms with Gasteiger partial charge in [0.25, 0.3) is 0 Å². The molecule has 5 heteroatoms. The molecule has 3 rings (SSSR count). The lowest BCUT2D eigenvalue weighted by molar-refractivity contribution is 0.306. The number of aliphatic imine (C=N–C) groups is 1. The second-order valence-corrected chi connectivity index (χ2v) is 5.87. The predicted molar refractivity (Wildman–Crippen MR) is 100 cm³/mol. The SMILES string of the molecule is CC(=Nc1ccc(OCc2ccccc2)cc1)c1c(O)cc(C)oc1=O. The van der Waals surface area contributed by atoms with E-state index < -0.39 is 5.63 Å². The Morgan fingerprint density at radius 1 is 1.12 bits per heavy atom. The van der Waals surface area contributed by atoms with Crippen molar-refractivity contribution in [3.8, 4) is 11.5 Å². The fourth-order valence-corrected chi connectivity index (χ4v) is 2.54. The lowest BCUT2D eigenvalue weighted by Gasteiger charge is -2.07. The fourth-order valence-electron chi connectivity index (χ4n) is 2.54. The molecular formula is C21H19NO4. The van der Waals surface area contributed by atoms with Gasteiger partial charge in [-0.1, -0.05) is 30.3 Å². The Kier molecular flexibility index (Phi) is 5.17. The minimum Gasteiger partial charge on any atom is -0.507 e. The molecule has 0 amide bonds. The minimum atomic E-state index is -0.605. The molecule has 1 aromatic heterocycles. The van der Waals surface area contributed by atoms with Crippen LogP contribution in [0.5, 0.6) is 11.5 Å². The highest BCUT2D eigenvalue weighted by molar-refractivity contribution is 6.01. The Morgan fingerprint density at radius 3 is 2.46 bits per heavy atom. The average molecular weight is 349 g/mol. The summed E-state index contributed by atoms with van der Waals surface area (Å²) in [5.74, 6) is 0.940. The van der Waals surface area contributed by atoms with Crippen molar-refractivity contribution in [2.45, 2.75) is 20.5 Å². The molecule has 1 heterocycles. The summed E-state index contributed by atoms with van der Waals surface area (Å²) in [7, 11) is 0. The Labute approximate surface area is 151 Å². The highest BCUT2D eigenvalue weighted by Crippen LogP contribution is 2.22. The minimum absolute atomic E-state index is 0.0694. The third-order valence-electron chi connectivity index (χ3n) is 3.80. The zero-order chi connectivity index (χ0) is 18.5. The third-order valence-corrected chi connectivity index (χ3v) is 3.80. The summed E-state index contributed by atoms with van der Waals surface area (Å²) in [5.41, 5.74) is 1.58. The summed E-state index contributed by atoms with van der Waals surface area (Å²) in [6.45, 7) is 3.74. The van der Waals surface area contributed by atoms with Crippen molar-refractivity contribution in [2.75, 3.05) is 0 Å². The summed E-state index contributed by atoms with van der Waals surface area (Å²) in [6, 6.07) is 18.5. The first-order chi connectivity index (χ1) is 12.5. The Morgan fingerprint density at radius 2 is 1.81 bits per heavy atom. The van der Waals surface area contributed by atoms with E-state index in [-0.39, 0.29) is 11.3 Å². The van der Waals surface area contributed by atoms with Crippen molar-refractivity contribution >= 4 is 11.4 Å². The van der Waals surface area contributed by atoms with Crippen LogP contribution in [-0.4, -0.2) is 10.8 Å². The molecule has 0 saturated heterocycles. The Hall–Kier alpha value is -3.34. The van der Waals surface area contributed by atoms with Crippen LogP contribution in [0.3, 0.4) is 0 Å². The van der Waals surface area contributed by atoms with Crippen LogP contribution in [0.4, 0.5) is 5.69 Å². The van der Waals surface area contributed by atoms with Crippen molar-refractivity contribution in [1.29, 1.82) is 0 Å². The molecule has 0 saturated carbocycles. The maximum atomic E-state index is 11.9. The number of hydrogen-bond acceptors (Lipinski definition) is 5. The number of ether oxygens (including phenoxy) is 1. The van der Waals surface area contributed by atoms with E-state index in [1.165, 1.54) is 6.07 Å². The van der Waals surface area contributed by atoms with Gasteiger partial charge in [0.05, 0.1) is 11.4 Å². The molecule has 0 bridgehead atoms.